The van der Waals surface area contributed by atoms with E-state index in [2.05, 4.69) is 198 Å². The molecule has 0 spiro atoms. The second-order valence-electron chi connectivity index (χ2n) is 17.3. The molecule has 5 aromatic carbocycles. The van der Waals surface area contributed by atoms with E-state index in [0.717, 1.165) is 34.9 Å². The van der Waals surface area contributed by atoms with Gasteiger partial charge in [0.05, 0.1) is 5.41 Å². The number of hydrogen-bond donors (Lipinski definition) is 0. The molecule has 0 bridgehead atoms. The third kappa shape index (κ3) is 7.35. The van der Waals surface area contributed by atoms with Gasteiger partial charge in [0.2, 0.25) is 5.69 Å². The normalized spacial score (nSPS) is 18.7. The van der Waals surface area contributed by atoms with Crippen LogP contribution in [0.25, 0.3) is 27.1 Å². The molecule has 1 aliphatic carbocycles. The Labute approximate surface area is 358 Å². The number of halogens is 2. The van der Waals surface area contributed by atoms with Crippen molar-refractivity contribution in [2.45, 2.75) is 104 Å². The van der Waals surface area contributed by atoms with Crippen molar-refractivity contribution in [2.24, 2.45) is 0 Å². The van der Waals surface area contributed by atoms with Gasteiger partial charge in [-0.1, -0.05) is 140 Å². The van der Waals surface area contributed by atoms with Crippen molar-refractivity contribution in [1.29, 1.82) is 0 Å². The van der Waals surface area contributed by atoms with Gasteiger partial charge >= 0.3 is 0 Å². The lowest BCUT2D eigenvalue weighted by Gasteiger charge is -2.27. The highest BCUT2D eigenvalue weighted by molar-refractivity contribution is 9.10. The van der Waals surface area contributed by atoms with Gasteiger partial charge in [0.25, 0.3) is 0 Å². The molecule has 0 fully saturated rings. The number of anilines is 1. The number of unbranched alkanes of at least 4 members (excludes halogenated alkanes) is 4. The molecule has 5 aromatic rings. The Hall–Kier alpha value is -3.99. The summed E-state index contributed by atoms with van der Waals surface area (Å²) in [5, 5.41) is 5.30. The summed E-state index contributed by atoms with van der Waals surface area (Å²) in [7, 11) is 0. The van der Waals surface area contributed by atoms with Gasteiger partial charge in [-0.2, -0.15) is 4.58 Å². The van der Waals surface area contributed by atoms with Gasteiger partial charge in [0.1, 0.15) is 6.54 Å². The van der Waals surface area contributed by atoms with Crippen LogP contribution in [0.3, 0.4) is 0 Å². The summed E-state index contributed by atoms with van der Waals surface area (Å²) in [6, 6.07) is 34.0. The maximum absolute atomic E-state index is 3.72. The number of nitrogens with zero attached hydrogens (tertiary/aromatic N) is 2. The van der Waals surface area contributed by atoms with Gasteiger partial charge in [0, 0.05) is 56.4 Å². The van der Waals surface area contributed by atoms with E-state index in [-0.39, 0.29) is 10.8 Å². The third-order valence-electron chi connectivity index (χ3n) is 12.8. The molecule has 292 valence electrons. The molecule has 4 heteroatoms. The maximum Gasteiger partial charge on any atom is 0.210 e. The van der Waals surface area contributed by atoms with Crippen molar-refractivity contribution in [3.63, 3.8) is 0 Å². The van der Waals surface area contributed by atoms with E-state index in [0.29, 0.717) is 0 Å². The quantitative estimate of drug-likeness (QED) is 0.0894. The van der Waals surface area contributed by atoms with E-state index in [1.165, 1.54) is 116 Å². The van der Waals surface area contributed by atoms with E-state index >= 15 is 0 Å². The number of hydrogen-bond acceptors (Lipinski definition) is 1. The minimum atomic E-state index is -0.134. The van der Waals surface area contributed by atoms with Gasteiger partial charge < -0.3 is 4.90 Å². The molecule has 2 aliphatic heterocycles. The van der Waals surface area contributed by atoms with E-state index in [9.17, 15) is 0 Å². The average molecular weight is 882 g/mol. The lowest BCUT2D eigenvalue weighted by molar-refractivity contribution is -0.438. The van der Waals surface area contributed by atoms with Gasteiger partial charge in [-0.3, -0.25) is 0 Å². The summed E-state index contributed by atoms with van der Waals surface area (Å²) in [6.07, 6.45) is 19.3. The van der Waals surface area contributed by atoms with Crippen molar-refractivity contribution in [1.82, 2.24) is 0 Å². The van der Waals surface area contributed by atoms with Crippen molar-refractivity contribution in [2.75, 3.05) is 18.0 Å². The van der Waals surface area contributed by atoms with Crippen LogP contribution >= 0.6 is 31.9 Å². The Morgan fingerprint density at radius 3 is 2.04 bits per heavy atom. The predicted octanol–water partition coefficient (Wildman–Crippen LogP) is 15.7. The third-order valence-corrected chi connectivity index (χ3v) is 13.8. The Morgan fingerprint density at radius 1 is 0.667 bits per heavy atom. The minimum absolute atomic E-state index is 0.134. The lowest BCUT2D eigenvalue weighted by Crippen LogP contribution is -2.28. The molecular formula is C53H57Br2N2+. The molecule has 2 nitrogen and oxygen atoms in total. The molecule has 0 atom stereocenters. The van der Waals surface area contributed by atoms with E-state index in [1.807, 2.05) is 0 Å². The molecular weight excluding hydrogens is 824 g/mol. The monoisotopic (exact) mass is 879 g/mol. The number of benzene rings is 5. The van der Waals surface area contributed by atoms with Crippen LogP contribution in [-0.4, -0.2) is 23.4 Å². The molecule has 57 heavy (non-hydrogen) atoms. The summed E-state index contributed by atoms with van der Waals surface area (Å²) < 4.78 is 4.89. The van der Waals surface area contributed by atoms with Gasteiger partial charge in [-0.25, -0.2) is 0 Å². The van der Waals surface area contributed by atoms with Crippen molar-refractivity contribution in [3.8, 4) is 0 Å². The van der Waals surface area contributed by atoms with Gasteiger partial charge in [0.15, 0.2) is 5.71 Å². The summed E-state index contributed by atoms with van der Waals surface area (Å²) in [5.41, 5.74) is 13.7. The zero-order valence-electron chi connectivity index (χ0n) is 34.7. The van der Waals surface area contributed by atoms with Crippen LogP contribution in [0.4, 0.5) is 11.4 Å². The molecule has 0 N–H and O–H groups in total. The Bertz CT molecular complexity index is 2510. The molecule has 0 unspecified atom stereocenters. The second-order valence-corrected chi connectivity index (χ2v) is 19.2. The van der Waals surface area contributed by atoms with E-state index in [4.69, 9.17) is 0 Å². The zero-order valence-corrected chi connectivity index (χ0v) is 37.9. The maximum atomic E-state index is 3.72. The molecule has 0 aromatic heterocycles. The Kier molecular flexibility index (Phi) is 11.4. The SMILES string of the molecule is CCCCCN1/C(=C/C=C2\CCC(/C=C/C3=[N+](CCCCC)c4ccc5cc(Br)ccc5c4C3(C)C)=C2c2ccccc2)C(C)(C)c2c1ccc1cc(Br)ccc21. The van der Waals surface area contributed by atoms with Crippen LogP contribution in [0.1, 0.15) is 110 Å². The first-order chi connectivity index (χ1) is 27.5. The van der Waals surface area contributed by atoms with Crippen LogP contribution < -0.4 is 4.90 Å². The topological polar surface area (TPSA) is 6.25 Å². The largest absolute Gasteiger partial charge is 0.344 e. The predicted molar refractivity (Wildman–Crippen MR) is 253 cm³/mol. The summed E-state index contributed by atoms with van der Waals surface area (Å²) >= 11 is 7.45. The first kappa shape index (κ1) is 39.8. The highest BCUT2D eigenvalue weighted by Crippen LogP contribution is 2.52. The van der Waals surface area contributed by atoms with Crippen molar-refractivity contribution >= 4 is 76.1 Å². The molecule has 3 aliphatic rings. The van der Waals surface area contributed by atoms with Gasteiger partial charge in [-0.05, 0) is 131 Å². The first-order valence-electron chi connectivity index (χ1n) is 21.3. The molecule has 0 radical (unpaired) electrons. The summed E-state index contributed by atoms with van der Waals surface area (Å²) in [4.78, 5) is 2.64. The van der Waals surface area contributed by atoms with Crippen LogP contribution in [0.5, 0.6) is 0 Å². The lowest BCUT2D eigenvalue weighted by atomic mass is 9.79. The molecule has 8 rings (SSSR count). The fraction of sp³-hybridized carbons (Fsp3) is 0.340. The van der Waals surface area contributed by atoms with Crippen LogP contribution in [0, 0.1) is 0 Å². The number of fused-ring (bicyclic) bond motifs is 6. The van der Waals surface area contributed by atoms with E-state index < -0.39 is 0 Å². The summed E-state index contributed by atoms with van der Waals surface area (Å²) in [6.45, 7) is 16.4. The molecule has 2 heterocycles. The first-order valence-corrected chi connectivity index (χ1v) is 22.9. The fourth-order valence-electron chi connectivity index (χ4n) is 10.0. The minimum Gasteiger partial charge on any atom is -0.344 e. The molecule has 0 saturated heterocycles. The summed E-state index contributed by atoms with van der Waals surface area (Å²) in [5.74, 6) is 0. The van der Waals surface area contributed by atoms with Crippen LogP contribution in [-0.2, 0) is 10.8 Å². The van der Waals surface area contributed by atoms with Crippen molar-refractivity contribution in [3.05, 3.63) is 158 Å². The Balaban J connectivity index is 1.22. The fourth-order valence-corrected chi connectivity index (χ4v) is 10.8. The van der Waals surface area contributed by atoms with E-state index in [1.54, 1.807) is 0 Å². The molecule has 0 saturated carbocycles. The number of rotatable bonds is 12. The highest BCUT2D eigenvalue weighted by atomic mass is 79.9. The van der Waals surface area contributed by atoms with Gasteiger partial charge in [-0.15, -0.1) is 0 Å². The highest BCUT2D eigenvalue weighted by Gasteiger charge is 2.45. The van der Waals surface area contributed by atoms with Crippen LogP contribution in [0.2, 0.25) is 0 Å². The average Bonchev–Trinajstić information content (AvgIpc) is 3.77. The zero-order chi connectivity index (χ0) is 39.9. The smallest absolute Gasteiger partial charge is 0.210 e. The molecule has 0 amide bonds. The second kappa shape index (κ2) is 16.3. The number of allylic oxidation sites excluding steroid dienone is 8. The standard InChI is InChI=1S/C53H57Br2N2/c1-7-9-14-32-56-45-28-20-39-34-41(54)24-26-43(39)50(45)52(3,4)47(56)30-22-37-18-19-38(49(37)36-16-12-11-13-17-36)23-31-48-53(5,6)51-44-27-25-42(55)35-40(44)21-29-46(51)57(48)33-15-10-8-2/h11-13,16-17,20-31,34-35H,7-10,14-15,18-19,32-33H2,1-6H3/q+1. The van der Waals surface area contributed by atoms with Crippen LogP contribution in [0.15, 0.2) is 141 Å². The van der Waals surface area contributed by atoms with Crippen molar-refractivity contribution < 1.29 is 4.58 Å². The Morgan fingerprint density at radius 2 is 1.33 bits per heavy atom.